The lowest BCUT2D eigenvalue weighted by Crippen LogP contribution is -2.42. The van der Waals surface area contributed by atoms with Crippen molar-refractivity contribution >= 4 is 0 Å². The maximum absolute atomic E-state index is 11.9. The molecule has 5 heteroatoms. The minimum Gasteiger partial charge on any atom is -0.308 e. The minimum atomic E-state index is -0.264. The Morgan fingerprint density at radius 3 is 2.55 bits per heavy atom. The van der Waals surface area contributed by atoms with E-state index >= 15 is 0 Å². The van der Waals surface area contributed by atoms with Gasteiger partial charge in [0.1, 0.15) is 0 Å². The first-order chi connectivity index (χ1) is 9.40. The Labute approximate surface area is 119 Å². The summed E-state index contributed by atoms with van der Waals surface area (Å²) < 4.78 is 2.68. The molecule has 0 aromatic carbocycles. The van der Waals surface area contributed by atoms with E-state index in [1.807, 2.05) is 0 Å². The quantitative estimate of drug-likeness (QED) is 0.898. The molecule has 1 aliphatic carbocycles. The lowest BCUT2D eigenvalue weighted by molar-refractivity contribution is 0.226. The molecule has 0 saturated heterocycles. The van der Waals surface area contributed by atoms with Crippen molar-refractivity contribution in [3.05, 3.63) is 32.6 Å². The average molecular weight is 279 g/mol. The van der Waals surface area contributed by atoms with Gasteiger partial charge in [-0.2, -0.15) is 0 Å². The van der Waals surface area contributed by atoms with Crippen LogP contribution in [-0.2, 0) is 20.6 Å². The fraction of sp³-hybridized carbons (Fsp3) is 0.733. The fourth-order valence-corrected chi connectivity index (χ4v) is 3.15. The summed E-state index contributed by atoms with van der Waals surface area (Å²) >= 11 is 0. The zero-order valence-electron chi connectivity index (χ0n) is 12.8. The van der Waals surface area contributed by atoms with Crippen LogP contribution >= 0.6 is 0 Å². The summed E-state index contributed by atoms with van der Waals surface area (Å²) in [6.45, 7) is 5.15. The van der Waals surface area contributed by atoms with Crippen LogP contribution in [0.1, 0.15) is 38.8 Å². The molecule has 1 heterocycles. The predicted molar refractivity (Wildman–Crippen MR) is 79.7 cm³/mol. The summed E-state index contributed by atoms with van der Waals surface area (Å²) in [4.78, 5) is 23.6. The van der Waals surface area contributed by atoms with E-state index in [1.165, 1.54) is 26.3 Å². The number of aromatic nitrogens is 2. The highest BCUT2D eigenvalue weighted by atomic mass is 16.2. The van der Waals surface area contributed by atoms with Crippen molar-refractivity contribution in [3.63, 3.8) is 0 Å². The van der Waals surface area contributed by atoms with Gasteiger partial charge in [-0.15, -0.1) is 0 Å². The van der Waals surface area contributed by atoms with E-state index in [0.717, 1.165) is 16.2 Å². The highest BCUT2D eigenvalue weighted by Crippen LogP contribution is 2.28. The molecule has 3 atom stereocenters. The lowest BCUT2D eigenvalue weighted by Gasteiger charge is -2.33. The summed E-state index contributed by atoms with van der Waals surface area (Å²) in [5, 5.41) is 3.52. The highest BCUT2D eigenvalue weighted by molar-refractivity contribution is 5.02. The predicted octanol–water partition coefficient (Wildman–Crippen LogP) is 0.998. The molecule has 0 amide bonds. The highest BCUT2D eigenvalue weighted by Gasteiger charge is 2.24. The zero-order valence-corrected chi connectivity index (χ0v) is 12.8. The van der Waals surface area contributed by atoms with Crippen LogP contribution in [0, 0.1) is 11.8 Å². The summed E-state index contributed by atoms with van der Waals surface area (Å²) in [5.74, 6) is 1.44. The lowest BCUT2D eigenvalue weighted by atomic mass is 9.80. The zero-order chi connectivity index (χ0) is 14.9. The van der Waals surface area contributed by atoms with Crippen molar-refractivity contribution in [3.8, 4) is 0 Å². The Morgan fingerprint density at radius 2 is 1.90 bits per heavy atom. The molecule has 112 valence electrons. The van der Waals surface area contributed by atoms with Crippen LogP contribution in [0.3, 0.4) is 0 Å². The molecule has 1 aliphatic rings. The van der Waals surface area contributed by atoms with E-state index in [2.05, 4.69) is 19.2 Å². The van der Waals surface area contributed by atoms with Crippen LogP contribution < -0.4 is 16.6 Å². The molecular weight excluding hydrogens is 254 g/mol. The molecule has 1 fully saturated rings. The molecule has 20 heavy (non-hydrogen) atoms. The first-order valence-electron chi connectivity index (χ1n) is 7.39. The summed E-state index contributed by atoms with van der Waals surface area (Å²) in [5.41, 5.74) is 0.249. The maximum Gasteiger partial charge on any atom is 0.330 e. The number of nitrogens with zero attached hydrogens (tertiary/aromatic N) is 2. The summed E-state index contributed by atoms with van der Waals surface area (Å²) in [6.07, 6.45) is 3.66. The van der Waals surface area contributed by atoms with Gasteiger partial charge >= 0.3 is 5.69 Å². The molecule has 3 unspecified atom stereocenters. The van der Waals surface area contributed by atoms with Gasteiger partial charge in [0, 0.05) is 38.4 Å². The van der Waals surface area contributed by atoms with Crippen LogP contribution in [0.4, 0.5) is 0 Å². The van der Waals surface area contributed by atoms with Crippen molar-refractivity contribution in [2.75, 3.05) is 0 Å². The van der Waals surface area contributed by atoms with E-state index in [1.54, 1.807) is 17.7 Å². The molecule has 1 aromatic heterocycles. The first kappa shape index (κ1) is 15.0. The SMILES string of the molecule is CC1CCC(NCc2cc(=O)n(C)c(=O)n2C)C(C)C1. The van der Waals surface area contributed by atoms with Crippen molar-refractivity contribution in [1.82, 2.24) is 14.5 Å². The van der Waals surface area contributed by atoms with Crippen LogP contribution in [0.2, 0.25) is 0 Å². The molecule has 1 aromatic rings. The van der Waals surface area contributed by atoms with E-state index in [-0.39, 0.29) is 11.2 Å². The van der Waals surface area contributed by atoms with Crippen molar-refractivity contribution in [2.45, 2.75) is 45.7 Å². The van der Waals surface area contributed by atoms with Crippen molar-refractivity contribution < 1.29 is 0 Å². The Hall–Kier alpha value is -1.36. The van der Waals surface area contributed by atoms with Gasteiger partial charge in [-0.1, -0.05) is 13.8 Å². The maximum atomic E-state index is 11.9. The third kappa shape index (κ3) is 3.03. The van der Waals surface area contributed by atoms with Gasteiger partial charge in [-0.05, 0) is 31.1 Å². The van der Waals surface area contributed by atoms with Crippen LogP contribution in [-0.4, -0.2) is 15.2 Å². The second kappa shape index (κ2) is 5.95. The minimum absolute atomic E-state index is 0.241. The molecular formula is C15H25N3O2. The van der Waals surface area contributed by atoms with Gasteiger partial charge in [0.15, 0.2) is 0 Å². The van der Waals surface area contributed by atoms with Gasteiger partial charge in [-0.25, -0.2) is 4.79 Å². The van der Waals surface area contributed by atoms with Crippen molar-refractivity contribution in [2.24, 2.45) is 25.9 Å². The van der Waals surface area contributed by atoms with Crippen LogP contribution in [0.15, 0.2) is 15.7 Å². The molecule has 0 spiro atoms. The second-order valence-corrected chi connectivity index (χ2v) is 6.26. The smallest absolute Gasteiger partial charge is 0.308 e. The molecule has 2 rings (SSSR count). The van der Waals surface area contributed by atoms with Gasteiger partial charge < -0.3 is 5.32 Å². The van der Waals surface area contributed by atoms with E-state index in [9.17, 15) is 9.59 Å². The fourth-order valence-electron chi connectivity index (χ4n) is 3.15. The van der Waals surface area contributed by atoms with Gasteiger partial charge in [0.25, 0.3) is 5.56 Å². The Kier molecular flexibility index (Phi) is 4.48. The van der Waals surface area contributed by atoms with E-state index < -0.39 is 0 Å². The molecule has 0 radical (unpaired) electrons. The molecule has 0 aliphatic heterocycles. The monoisotopic (exact) mass is 279 g/mol. The normalized spacial score (nSPS) is 26.7. The standard InChI is InChI=1S/C15H25N3O2/c1-10-5-6-13(11(2)7-10)16-9-12-8-14(19)18(4)15(20)17(12)3/h8,10-11,13,16H,5-7,9H2,1-4H3. The Morgan fingerprint density at radius 1 is 1.20 bits per heavy atom. The molecule has 0 bridgehead atoms. The van der Waals surface area contributed by atoms with E-state index in [4.69, 9.17) is 0 Å². The number of hydrogen-bond donors (Lipinski definition) is 1. The van der Waals surface area contributed by atoms with Gasteiger partial charge in [0.2, 0.25) is 0 Å². The number of nitrogens with one attached hydrogen (secondary N) is 1. The van der Waals surface area contributed by atoms with E-state index in [0.29, 0.717) is 18.5 Å². The largest absolute Gasteiger partial charge is 0.330 e. The number of rotatable bonds is 3. The first-order valence-corrected chi connectivity index (χ1v) is 7.39. The summed E-state index contributed by atoms with van der Waals surface area (Å²) in [7, 11) is 3.22. The van der Waals surface area contributed by atoms with Gasteiger partial charge in [-0.3, -0.25) is 13.9 Å². The molecule has 5 nitrogen and oxygen atoms in total. The van der Waals surface area contributed by atoms with Crippen molar-refractivity contribution in [1.29, 1.82) is 0 Å². The van der Waals surface area contributed by atoms with Crippen LogP contribution in [0.25, 0.3) is 0 Å². The second-order valence-electron chi connectivity index (χ2n) is 6.26. The average Bonchev–Trinajstić information content (AvgIpc) is 2.40. The molecule has 1 N–H and O–H groups in total. The number of hydrogen-bond acceptors (Lipinski definition) is 3. The Balaban J connectivity index is 2.08. The molecule has 1 saturated carbocycles. The van der Waals surface area contributed by atoms with Crippen LogP contribution in [0.5, 0.6) is 0 Å². The topological polar surface area (TPSA) is 56.0 Å². The third-order valence-electron chi connectivity index (χ3n) is 4.60. The Bertz CT molecular complexity index is 588. The third-order valence-corrected chi connectivity index (χ3v) is 4.60. The summed E-state index contributed by atoms with van der Waals surface area (Å²) in [6, 6.07) is 2.02. The van der Waals surface area contributed by atoms with Gasteiger partial charge in [0.05, 0.1) is 0 Å².